The molecule has 1 aliphatic heterocycles. The summed E-state index contributed by atoms with van der Waals surface area (Å²) in [7, 11) is 0. The van der Waals surface area contributed by atoms with Gasteiger partial charge in [-0.1, -0.05) is 23.7 Å². The SMILES string of the molecule is Cc1ccc(CCC(=O)N2CCC(C)(C(=O)O)C2)cc1Cl. The number of carboxylic acids is 1. The Balaban J connectivity index is 1.91. The molecule has 4 nitrogen and oxygen atoms in total. The van der Waals surface area contributed by atoms with Gasteiger partial charge in [0.05, 0.1) is 5.41 Å². The minimum Gasteiger partial charge on any atom is -0.481 e. The van der Waals surface area contributed by atoms with Crippen LogP contribution < -0.4 is 0 Å². The topological polar surface area (TPSA) is 57.6 Å². The second-order valence-corrected chi connectivity index (χ2v) is 6.42. The fraction of sp³-hybridized carbons (Fsp3) is 0.500. The first-order valence-electron chi connectivity index (χ1n) is 7.08. The third kappa shape index (κ3) is 3.56. The molecule has 1 aromatic rings. The fourth-order valence-electron chi connectivity index (χ4n) is 2.55. The first-order chi connectivity index (χ1) is 9.82. The monoisotopic (exact) mass is 309 g/mol. The summed E-state index contributed by atoms with van der Waals surface area (Å²) < 4.78 is 0. The number of carbonyl (C=O) groups is 2. The molecule has 114 valence electrons. The van der Waals surface area contributed by atoms with Crippen LogP contribution >= 0.6 is 11.6 Å². The molecule has 21 heavy (non-hydrogen) atoms. The van der Waals surface area contributed by atoms with Crippen molar-refractivity contribution < 1.29 is 14.7 Å². The predicted octanol–water partition coefficient (Wildman–Crippen LogP) is 2.90. The number of nitrogens with zero attached hydrogens (tertiary/aromatic N) is 1. The van der Waals surface area contributed by atoms with Crippen LogP contribution in [0.2, 0.25) is 5.02 Å². The summed E-state index contributed by atoms with van der Waals surface area (Å²) in [5.74, 6) is -0.820. The van der Waals surface area contributed by atoms with Gasteiger partial charge in [-0.2, -0.15) is 0 Å². The molecule has 0 radical (unpaired) electrons. The highest BCUT2D eigenvalue weighted by Crippen LogP contribution is 2.30. The number of aryl methyl sites for hydroxylation is 2. The highest BCUT2D eigenvalue weighted by Gasteiger charge is 2.41. The number of hydrogen-bond donors (Lipinski definition) is 1. The molecule has 0 saturated carbocycles. The molecular formula is C16H20ClNO3. The Hall–Kier alpha value is -1.55. The summed E-state index contributed by atoms with van der Waals surface area (Å²) >= 11 is 6.07. The van der Waals surface area contributed by atoms with E-state index in [1.54, 1.807) is 11.8 Å². The molecule has 2 rings (SSSR count). The molecule has 1 atom stereocenters. The summed E-state index contributed by atoms with van der Waals surface area (Å²) in [6.45, 7) is 4.46. The van der Waals surface area contributed by atoms with E-state index in [2.05, 4.69) is 0 Å². The maximum Gasteiger partial charge on any atom is 0.311 e. The Morgan fingerprint density at radius 3 is 2.71 bits per heavy atom. The zero-order valence-corrected chi connectivity index (χ0v) is 13.1. The highest BCUT2D eigenvalue weighted by molar-refractivity contribution is 6.31. The molecule has 1 amide bonds. The number of amides is 1. The molecule has 1 saturated heterocycles. The van der Waals surface area contributed by atoms with Crippen LogP contribution in [0.4, 0.5) is 0 Å². The Kier molecular flexibility index (Phi) is 4.57. The molecule has 0 bridgehead atoms. The number of carboxylic acid groups (broad SMARTS) is 1. The lowest BCUT2D eigenvalue weighted by Gasteiger charge is -2.20. The van der Waals surface area contributed by atoms with Crippen molar-refractivity contribution in [3.05, 3.63) is 34.3 Å². The lowest BCUT2D eigenvalue weighted by atomic mass is 9.90. The van der Waals surface area contributed by atoms with Gasteiger partial charge in [-0.25, -0.2) is 0 Å². The van der Waals surface area contributed by atoms with Crippen LogP contribution in [0.15, 0.2) is 18.2 Å². The van der Waals surface area contributed by atoms with Crippen LogP contribution in [-0.4, -0.2) is 35.0 Å². The molecule has 1 aliphatic rings. The van der Waals surface area contributed by atoms with E-state index in [9.17, 15) is 14.7 Å². The maximum absolute atomic E-state index is 12.2. The van der Waals surface area contributed by atoms with Gasteiger partial charge in [0.25, 0.3) is 0 Å². The molecule has 1 aromatic carbocycles. The average molecular weight is 310 g/mol. The Morgan fingerprint density at radius 2 is 2.14 bits per heavy atom. The lowest BCUT2D eigenvalue weighted by Crippen LogP contribution is -2.34. The fourth-order valence-corrected chi connectivity index (χ4v) is 2.75. The van der Waals surface area contributed by atoms with E-state index < -0.39 is 11.4 Å². The molecule has 1 N–H and O–H groups in total. The molecule has 0 aliphatic carbocycles. The second kappa shape index (κ2) is 6.06. The maximum atomic E-state index is 12.2. The highest BCUT2D eigenvalue weighted by atomic mass is 35.5. The summed E-state index contributed by atoms with van der Waals surface area (Å²) in [5.41, 5.74) is 1.24. The number of aliphatic carboxylic acids is 1. The largest absolute Gasteiger partial charge is 0.481 e. The van der Waals surface area contributed by atoms with E-state index >= 15 is 0 Å². The number of carbonyl (C=O) groups excluding carboxylic acids is 1. The Labute approximate surface area is 129 Å². The first kappa shape index (κ1) is 15.8. The van der Waals surface area contributed by atoms with Crippen LogP contribution in [0.25, 0.3) is 0 Å². The minimum atomic E-state index is -0.830. The summed E-state index contributed by atoms with van der Waals surface area (Å²) in [5, 5.41) is 9.89. The van der Waals surface area contributed by atoms with Gasteiger partial charge in [0.2, 0.25) is 5.91 Å². The molecule has 0 spiro atoms. The van der Waals surface area contributed by atoms with Gasteiger partial charge in [0.15, 0.2) is 0 Å². The second-order valence-electron chi connectivity index (χ2n) is 6.01. The number of rotatable bonds is 4. The van der Waals surface area contributed by atoms with E-state index in [4.69, 9.17) is 11.6 Å². The van der Waals surface area contributed by atoms with Gasteiger partial charge >= 0.3 is 5.97 Å². The predicted molar refractivity (Wildman–Crippen MR) is 81.4 cm³/mol. The summed E-state index contributed by atoms with van der Waals surface area (Å²) in [6, 6.07) is 5.80. The summed E-state index contributed by atoms with van der Waals surface area (Å²) in [4.78, 5) is 25.0. The molecule has 5 heteroatoms. The molecule has 1 fully saturated rings. The smallest absolute Gasteiger partial charge is 0.311 e. The quantitative estimate of drug-likeness (QED) is 0.930. The number of halogens is 1. The van der Waals surface area contributed by atoms with Gasteiger partial charge in [-0.05, 0) is 43.9 Å². The van der Waals surface area contributed by atoms with Gasteiger partial charge < -0.3 is 10.0 Å². The van der Waals surface area contributed by atoms with Crippen molar-refractivity contribution in [3.8, 4) is 0 Å². The molecule has 1 unspecified atom stereocenters. The van der Waals surface area contributed by atoms with Gasteiger partial charge in [-0.15, -0.1) is 0 Å². The van der Waals surface area contributed by atoms with Crippen LogP contribution in [0.5, 0.6) is 0 Å². The van der Waals surface area contributed by atoms with Gasteiger partial charge in [0.1, 0.15) is 0 Å². The van der Waals surface area contributed by atoms with E-state index in [1.165, 1.54) is 0 Å². The average Bonchev–Trinajstić information content (AvgIpc) is 2.84. The van der Waals surface area contributed by atoms with Gasteiger partial charge in [0, 0.05) is 24.5 Å². The normalized spacial score (nSPS) is 21.6. The van der Waals surface area contributed by atoms with Crippen molar-refractivity contribution in [1.29, 1.82) is 0 Å². The van der Waals surface area contributed by atoms with Crippen molar-refractivity contribution in [2.45, 2.75) is 33.1 Å². The van der Waals surface area contributed by atoms with Crippen molar-refractivity contribution in [2.24, 2.45) is 5.41 Å². The standard InChI is InChI=1S/C16H20ClNO3/c1-11-3-4-12(9-13(11)17)5-6-14(19)18-8-7-16(2,10-18)15(20)21/h3-4,9H,5-8,10H2,1-2H3,(H,20,21). The molecule has 0 aromatic heterocycles. The van der Waals surface area contributed by atoms with Crippen LogP contribution in [0, 0.1) is 12.3 Å². The van der Waals surface area contributed by atoms with Crippen molar-refractivity contribution in [1.82, 2.24) is 4.90 Å². The lowest BCUT2D eigenvalue weighted by molar-refractivity contribution is -0.147. The van der Waals surface area contributed by atoms with E-state index in [-0.39, 0.29) is 5.91 Å². The van der Waals surface area contributed by atoms with E-state index in [1.807, 2.05) is 25.1 Å². The molecular weight excluding hydrogens is 290 g/mol. The zero-order valence-electron chi connectivity index (χ0n) is 12.4. The summed E-state index contributed by atoms with van der Waals surface area (Å²) in [6.07, 6.45) is 1.53. The number of benzene rings is 1. The Bertz CT molecular complexity index is 573. The van der Waals surface area contributed by atoms with Crippen molar-refractivity contribution >= 4 is 23.5 Å². The Morgan fingerprint density at radius 1 is 1.43 bits per heavy atom. The van der Waals surface area contributed by atoms with Crippen LogP contribution in [-0.2, 0) is 16.0 Å². The zero-order chi connectivity index (χ0) is 15.6. The van der Waals surface area contributed by atoms with E-state index in [0.717, 1.165) is 11.1 Å². The molecule has 1 heterocycles. The van der Waals surface area contributed by atoms with Crippen LogP contribution in [0.3, 0.4) is 0 Å². The van der Waals surface area contributed by atoms with Crippen LogP contribution in [0.1, 0.15) is 30.9 Å². The first-order valence-corrected chi connectivity index (χ1v) is 7.46. The van der Waals surface area contributed by atoms with Crippen molar-refractivity contribution in [2.75, 3.05) is 13.1 Å². The van der Waals surface area contributed by atoms with E-state index in [0.29, 0.717) is 37.4 Å². The third-order valence-electron chi connectivity index (χ3n) is 4.21. The third-order valence-corrected chi connectivity index (χ3v) is 4.61. The van der Waals surface area contributed by atoms with Crippen molar-refractivity contribution in [3.63, 3.8) is 0 Å². The number of likely N-dealkylation sites (tertiary alicyclic amines) is 1. The minimum absolute atomic E-state index is 0.0108. The van der Waals surface area contributed by atoms with Gasteiger partial charge in [-0.3, -0.25) is 9.59 Å². The number of hydrogen-bond acceptors (Lipinski definition) is 2.